The van der Waals surface area contributed by atoms with E-state index in [4.69, 9.17) is 5.73 Å². The standard InChI is InChI=1S/C14H22N2O2S/c1-16(13-5-2-6-13)19(17,18)14-9-7-12(8-10-14)4-3-11-15/h7-10,13H,2-6,11,15H2,1H3. The van der Waals surface area contributed by atoms with Gasteiger partial charge >= 0.3 is 0 Å². The van der Waals surface area contributed by atoms with E-state index in [-0.39, 0.29) is 6.04 Å². The van der Waals surface area contributed by atoms with Crippen molar-refractivity contribution in [3.63, 3.8) is 0 Å². The van der Waals surface area contributed by atoms with Crippen LogP contribution in [0.4, 0.5) is 0 Å². The Kier molecular flexibility index (Phi) is 4.60. The van der Waals surface area contributed by atoms with Crippen LogP contribution >= 0.6 is 0 Å². The second-order valence-electron chi connectivity index (χ2n) is 5.14. The Morgan fingerprint density at radius 2 is 1.89 bits per heavy atom. The molecule has 2 rings (SSSR count). The van der Waals surface area contributed by atoms with Crippen molar-refractivity contribution in [2.75, 3.05) is 13.6 Å². The summed E-state index contributed by atoms with van der Waals surface area (Å²) in [6.07, 6.45) is 4.90. The highest BCUT2D eigenvalue weighted by atomic mass is 32.2. The van der Waals surface area contributed by atoms with Gasteiger partial charge in [0.2, 0.25) is 10.0 Å². The molecule has 4 nitrogen and oxygen atoms in total. The average molecular weight is 282 g/mol. The van der Waals surface area contributed by atoms with Gasteiger partial charge in [-0.3, -0.25) is 0 Å². The van der Waals surface area contributed by atoms with Crippen LogP contribution in [0.2, 0.25) is 0 Å². The van der Waals surface area contributed by atoms with Gasteiger partial charge in [-0.1, -0.05) is 18.6 Å². The molecule has 0 saturated heterocycles. The van der Waals surface area contributed by atoms with Crippen LogP contribution in [0.25, 0.3) is 0 Å². The molecule has 0 heterocycles. The van der Waals surface area contributed by atoms with Gasteiger partial charge in [-0.05, 0) is 49.9 Å². The molecule has 19 heavy (non-hydrogen) atoms. The number of hydrogen-bond acceptors (Lipinski definition) is 3. The van der Waals surface area contributed by atoms with Crippen LogP contribution in [-0.4, -0.2) is 32.4 Å². The van der Waals surface area contributed by atoms with Crippen LogP contribution in [0.1, 0.15) is 31.2 Å². The van der Waals surface area contributed by atoms with Crippen LogP contribution in [0, 0.1) is 0 Å². The van der Waals surface area contributed by atoms with Gasteiger partial charge in [0.1, 0.15) is 0 Å². The van der Waals surface area contributed by atoms with Crippen molar-refractivity contribution in [3.8, 4) is 0 Å². The first-order valence-electron chi connectivity index (χ1n) is 6.83. The van der Waals surface area contributed by atoms with E-state index in [1.165, 1.54) is 4.31 Å². The Hall–Kier alpha value is -0.910. The molecule has 1 aliphatic carbocycles. The van der Waals surface area contributed by atoms with Crippen LogP contribution in [0.15, 0.2) is 29.2 Å². The maximum Gasteiger partial charge on any atom is 0.243 e. The van der Waals surface area contributed by atoms with E-state index >= 15 is 0 Å². The molecule has 0 bridgehead atoms. The number of benzene rings is 1. The van der Waals surface area contributed by atoms with Gasteiger partial charge in [0.15, 0.2) is 0 Å². The zero-order valence-electron chi connectivity index (χ0n) is 11.4. The predicted octanol–water partition coefficient (Wildman–Crippen LogP) is 1.75. The molecule has 1 aliphatic rings. The fraction of sp³-hybridized carbons (Fsp3) is 0.571. The molecule has 1 aromatic carbocycles. The molecular weight excluding hydrogens is 260 g/mol. The minimum atomic E-state index is -3.33. The number of nitrogens with two attached hydrogens (primary N) is 1. The van der Waals surface area contributed by atoms with Gasteiger partial charge < -0.3 is 5.73 Å². The van der Waals surface area contributed by atoms with Gasteiger partial charge in [0, 0.05) is 13.1 Å². The maximum absolute atomic E-state index is 12.4. The first kappa shape index (κ1) is 14.5. The molecule has 5 heteroatoms. The Morgan fingerprint density at radius 1 is 1.26 bits per heavy atom. The third-order valence-electron chi connectivity index (χ3n) is 3.86. The Bertz CT molecular complexity index is 507. The molecule has 1 saturated carbocycles. The summed E-state index contributed by atoms with van der Waals surface area (Å²) in [7, 11) is -1.65. The number of sulfonamides is 1. The maximum atomic E-state index is 12.4. The van der Waals surface area contributed by atoms with Crippen LogP contribution in [-0.2, 0) is 16.4 Å². The van der Waals surface area contributed by atoms with Gasteiger partial charge in [-0.2, -0.15) is 4.31 Å². The highest BCUT2D eigenvalue weighted by molar-refractivity contribution is 7.89. The predicted molar refractivity (Wildman–Crippen MR) is 76.4 cm³/mol. The highest BCUT2D eigenvalue weighted by Gasteiger charge is 2.31. The minimum absolute atomic E-state index is 0.182. The summed E-state index contributed by atoms with van der Waals surface area (Å²) >= 11 is 0. The van der Waals surface area contributed by atoms with E-state index in [2.05, 4.69) is 0 Å². The Balaban J connectivity index is 2.11. The molecule has 106 valence electrons. The second kappa shape index (κ2) is 6.03. The Labute approximate surface area is 115 Å². The van der Waals surface area contributed by atoms with Crippen LogP contribution < -0.4 is 5.73 Å². The summed E-state index contributed by atoms with van der Waals surface area (Å²) in [6, 6.07) is 7.36. The molecular formula is C14H22N2O2S. The lowest BCUT2D eigenvalue weighted by Gasteiger charge is -2.33. The normalized spacial score (nSPS) is 16.6. The zero-order valence-corrected chi connectivity index (χ0v) is 12.2. The topological polar surface area (TPSA) is 63.4 Å². The summed E-state index contributed by atoms with van der Waals surface area (Å²) in [6.45, 7) is 0.657. The van der Waals surface area contributed by atoms with Crippen molar-refractivity contribution < 1.29 is 8.42 Å². The quantitative estimate of drug-likeness (QED) is 0.864. The van der Waals surface area contributed by atoms with Crippen molar-refractivity contribution in [1.82, 2.24) is 4.31 Å². The van der Waals surface area contributed by atoms with Crippen molar-refractivity contribution in [2.24, 2.45) is 5.73 Å². The third-order valence-corrected chi connectivity index (χ3v) is 5.78. The van der Waals surface area contributed by atoms with Gasteiger partial charge in [-0.25, -0.2) is 8.42 Å². The molecule has 0 spiro atoms. The lowest BCUT2D eigenvalue weighted by Crippen LogP contribution is -2.41. The molecule has 0 atom stereocenters. The minimum Gasteiger partial charge on any atom is -0.330 e. The molecule has 1 fully saturated rings. The molecule has 0 radical (unpaired) electrons. The highest BCUT2D eigenvalue weighted by Crippen LogP contribution is 2.28. The number of hydrogen-bond donors (Lipinski definition) is 1. The Morgan fingerprint density at radius 3 is 2.37 bits per heavy atom. The van der Waals surface area contributed by atoms with Crippen LogP contribution in [0.3, 0.4) is 0 Å². The summed E-state index contributed by atoms with van der Waals surface area (Å²) in [5, 5.41) is 0. The summed E-state index contributed by atoms with van der Waals surface area (Å²) in [5.41, 5.74) is 6.60. The van der Waals surface area contributed by atoms with Crippen molar-refractivity contribution in [1.29, 1.82) is 0 Å². The van der Waals surface area contributed by atoms with Crippen LogP contribution in [0.5, 0.6) is 0 Å². The fourth-order valence-corrected chi connectivity index (χ4v) is 3.66. The number of aryl methyl sites for hydroxylation is 1. The first-order chi connectivity index (χ1) is 9.05. The largest absolute Gasteiger partial charge is 0.330 e. The van der Waals surface area contributed by atoms with E-state index in [0.29, 0.717) is 11.4 Å². The number of nitrogens with zero attached hydrogens (tertiary/aromatic N) is 1. The lowest BCUT2D eigenvalue weighted by molar-refractivity contribution is 0.249. The summed E-state index contributed by atoms with van der Waals surface area (Å²) in [4.78, 5) is 0.387. The van der Waals surface area contributed by atoms with E-state index in [0.717, 1.165) is 37.7 Å². The lowest BCUT2D eigenvalue weighted by atomic mass is 9.94. The number of rotatable bonds is 6. The molecule has 1 aromatic rings. The zero-order chi connectivity index (χ0) is 13.9. The van der Waals surface area contributed by atoms with E-state index in [1.807, 2.05) is 12.1 Å². The van der Waals surface area contributed by atoms with Crippen molar-refractivity contribution in [2.45, 2.75) is 43.0 Å². The fourth-order valence-electron chi connectivity index (χ4n) is 2.25. The molecule has 0 unspecified atom stereocenters. The van der Waals surface area contributed by atoms with E-state index in [9.17, 15) is 8.42 Å². The third kappa shape index (κ3) is 3.16. The first-order valence-corrected chi connectivity index (χ1v) is 8.27. The van der Waals surface area contributed by atoms with E-state index in [1.54, 1.807) is 19.2 Å². The molecule has 0 aliphatic heterocycles. The summed E-state index contributed by atoms with van der Waals surface area (Å²) < 4.78 is 26.3. The van der Waals surface area contributed by atoms with Gasteiger partial charge in [-0.15, -0.1) is 0 Å². The van der Waals surface area contributed by atoms with Gasteiger partial charge in [0.05, 0.1) is 4.90 Å². The monoisotopic (exact) mass is 282 g/mol. The molecule has 2 N–H and O–H groups in total. The average Bonchev–Trinajstić information content (AvgIpc) is 2.34. The molecule has 0 aromatic heterocycles. The van der Waals surface area contributed by atoms with Gasteiger partial charge in [0.25, 0.3) is 0 Å². The SMILES string of the molecule is CN(C1CCC1)S(=O)(=O)c1ccc(CCCN)cc1. The second-order valence-corrected chi connectivity index (χ2v) is 7.14. The molecule has 0 amide bonds. The van der Waals surface area contributed by atoms with Crippen molar-refractivity contribution in [3.05, 3.63) is 29.8 Å². The van der Waals surface area contributed by atoms with Crippen molar-refractivity contribution >= 4 is 10.0 Å². The smallest absolute Gasteiger partial charge is 0.243 e. The summed E-state index contributed by atoms with van der Waals surface area (Å²) in [5.74, 6) is 0. The van der Waals surface area contributed by atoms with E-state index < -0.39 is 10.0 Å².